The van der Waals surface area contributed by atoms with Gasteiger partial charge >= 0.3 is 0 Å². The first-order valence-corrected chi connectivity index (χ1v) is 6.29. The molecular formula is C13H21N3. The summed E-state index contributed by atoms with van der Waals surface area (Å²) in [7, 11) is 0. The van der Waals surface area contributed by atoms with Gasteiger partial charge in [0.25, 0.3) is 0 Å². The molecule has 0 aromatic carbocycles. The quantitative estimate of drug-likeness (QED) is 0.844. The molecule has 2 rings (SSSR count). The zero-order chi connectivity index (χ0) is 11.4. The van der Waals surface area contributed by atoms with E-state index in [0.29, 0.717) is 6.04 Å². The van der Waals surface area contributed by atoms with E-state index in [2.05, 4.69) is 41.2 Å². The second-order valence-electron chi connectivity index (χ2n) is 4.29. The summed E-state index contributed by atoms with van der Waals surface area (Å²) >= 11 is 0. The predicted molar refractivity (Wildman–Crippen MR) is 67.6 cm³/mol. The summed E-state index contributed by atoms with van der Waals surface area (Å²) in [5, 5.41) is 3.23. The van der Waals surface area contributed by atoms with Gasteiger partial charge in [-0.2, -0.15) is 0 Å². The molecule has 0 aliphatic carbocycles. The van der Waals surface area contributed by atoms with Crippen LogP contribution < -0.4 is 5.32 Å². The summed E-state index contributed by atoms with van der Waals surface area (Å²) in [6.07, 6.45) is 4.61. The maximum Gasteiger partial charge on any atom is 0.125 e. The molecule has 0 saturated carbocycles. The van der Waals surface area contributed by atoms with Crippen LogP contribution in [0.1, 0.15) is 38.3 Å². The number of nitrogens with one attached hydrogen (secondary N) is 1. The Kier molecular flexibility index (Phi) is 3.78. The van der Waals surface area contributed by atoms with Crippen molar-refractivity contribution in [2.24, 2.45) is 0 Å². The van der Waals surface area contributed by atoms with Crippen molar-refractivity contribution in [3.05, 3.63) is 23.9 Å². The first-order valence-electron chi connectivity index (χ1n) is 6.29. The van der Waals surface area contributed by atoms with Crippen molar-refractivity contribution in [2.45, 2.75) is 32.7 Å². The van der Waals surface area contributed by atoms with Crippen LogP contribution in [0, 0.1) is 0 Å². The highest BCUT2D eigenvalue weighted by molar-refractivity contribution is 5.36. The normalized spacial score (nSPS) is 21.2. The van der Waals surface area contributed by atoms with Crippen molar-refractivity contribution in [3.63, 3.8) is 0 Å². The fourth-order valence-corrected chi connectivity index (χ4v) is 2.47. The van der Waals surface area contributed by atoms with Crippen molar-refractivity contribution in [1.82, 2.24) is 9.88 Å². The number of likely N-dealkylation sites (tertiary alicyclic amines) is 1. The molecule has 1 aliphatic rings. The number of nitrogens with zero attached hydrogens (tertiary/aromatic N) is 2. The Bertz CT molecular complexity index is 320. The third kappa shape index (κ3) is 2.35. The standard InChI is InChI=1S/C13H21N3/c1-3-14-13-8-7-11(10-15-13)12-6-5-9-16(12)4-2/h7-8,10,12H,3-6,9H2,1-2H3,(H,14,15)/t12-/m1/s1. The Hall–Kier alpha value is -1.09. The van der Waals surface area contributed by atoms with Crippen molar-refractivity contribution >= 4 is 5.82 Å². The van der Waals surface area contributed by atoms with Gasteiger partial charge in [-0.15, -0.1) is 0 Å². The fraction of sp³-hybridized carbons (Fsp3) is 0.615. The number of aromatic nitrogens is 1. The lowest BCUT2D eigenvalue weighted by Gasteiger charge is -2.22. The fourth-order valence-electron chi connectivity index (χ4n) is 2.47. The van der Waals surface area contributed by atoms with Crippen LogP contribution in [0.4, 0.5) is 5.82 Å². The molecule has 3 heteroatoms. The number of rotatable bonds is 4. The molecular weight excluding hydrogens is 198 g/mol. The van der Waals surface area contributed by atoms with E-state index in [1.54, 1.807) is 0 Å². The minimum atomic E-state index is 0.591. The molecule has 1 N–H and O–H groups in total. The molecule has 16 heavy (non-hydrogen) atoms. The van der Waals surface area contributed by atoms with E-state index in [9.17, 15) is 0 Å². The van der Waals surface area contributed by atoms with Gasteiger partial charge in [-0.25, -0.2) is 4.98 Å². The number of hydrogen-bond acceptors (Lipinski definition) is 3. The first kappa shape index (κ1) is 11.4. The molecule has 0 amide bonds. The van der Waals surface area contributed by atoms with Crippen LogP contribution in [0.15, 0.2) is 18.3 Å². The van der Waals surface area contributed by atoms with E-state index in [1.165, 1.54) is 24.9 Å². The zero-order valence-corrected chi connectivity index (χ0v) is 10.2. The van der Waals surface area contributed by atoms with E-state index in [0.717, 1.165) is 18.9 Å². The summed E-state index contributed by atoms with van der Waals surface area (Å²) in [5.41, 5.74) is 1.36. The third-order valence-electron chi connectivity index (χ3n) is 3.30. The van der Waals surface area contributed by atoms with Crippen molar-refractivity contribution < 1.29 is 0 Å². The lowest BCUT2D eigenvalue weighted by atomic mass is 10.1. The largest absolute Gasteiger partial charge is 0.370 e. The molecule has 88 valence electrons. The van der Waals surface area contributed by atoms with Gasteiger partial charge in [-0.1, -0.05) is 13.0 Å². The summed E-state index contributed by atoms with van der Waals surface area (Å²) in [6.45, 7) is 7.62. The zero-order valence-electron chi connectivity index (χ0n) is 10.2. The number of anilines is 1. The van der Waals surface area contributed by atoms with Crippen LogP contribution in [0.2, 0.25) is 0 Å². The summed E-state index contributed by atoms with van der Waals surface area (Å²) in [5.74, 6) is 0.979. The Balaban J connectivity index is 2.08. The molecule has 0 unspecified atom stereocenters. The summed E-state index contributed by atoms with van der Waals surface area (Å²) in [4.78, 5) is 6.98. The third-order valence-corrected chi connectivity index (χ3v) is 3.30. The molecule has 1 aromatic rings. The monoisotopic (exact) mass is 219 g/mol. The van der Waals surface area contributed by atoms with Gasteiger partial charge in [0, 0.05) is 18.8 Å². The van der Waals surface area contributed by atoms with Gasteiger partial charge in [0.05, 0.1) is 0 Å². The Morgan fingerprint density at radius 2 is 2.31 bits per heavy atom. The molecule has 1 aliphatic heterocycles. The number of pyridine rings is 1. The molecule has 0 radical (unpaired) electrons. The maximum atomic E-state index is 4.44. The first-order chi connectivity index (χ1) is 7.85. The Labute approximate surface area is 97.9 Å². The van der Waals surface area contributed by atoms with Crippen LogP contribution in [-0.4, -0.2) is 29.5 Å². The molecule has 1 aromatic heterocycles. The molecule has 2 heterocycles. The van der Waals surface area contributed by atoms with Crippen LogP contribution in [0.3, 0.4) is 0 Å². The molecule has 0 bridgehead atoms. The summed E-state index contributed by atoms with van der Waals surface area (Å²) in [6, 6.07) is 4.89. The highest BCUT2D eigenvalue weighted by Crippen LogP contribution is 2.31. The van der Waals surface area contributed by atoms with Crippen LogP contribution in [0.25, 0.3) is 0 Å². The minimum absolute atomic E-state index is 0.591. The lowest BCUT2D eigenvalue weighted by molar-refractivity contribution is 0.271. The van der Waals surface area contributed by atoms with Gasteiger partial charge in [0.2, 0.25) is 0 Å². The molecule has 0 spiro atoms. The van der Waals surface area contributed by atoms with E-state index in [4.69, 9.17) is 0 Å². The second-order valence-corrected chi connectivity index (χ2v) is 4.29. The topological polar surface area (TPSA) is 28.2 Å². The van der Waals surface area contributed by atoms with E-state index in [1.807, 2.05) is 6.20 Å². The van der Waals surface area contributed by atoms with Crippen molar-refractivity contribution in [2.75, 3.05) is 25.0 Å². The van der Waals surface area contributed by atoms with Crippen molar-refractivity contribution in [3.8, 4) is 0 Å². The average molecular weight is 219 g/mol. The lowest BCUT2D eigenvalue weighted by Crippen LogP contribution is -2.22. The van der Waals surface area contributed by atoms with Crippen LogP contribution >= 0.6 is 0 Å². The van der Waals surface area contributed by atoms with Gasteiger partial charge in [-0.3, -0.25) is 4.90 Å². The Morgan fingerprint density at radius 3 is 2.94 bits per heavy atom. The average Bonchev–Trinajstić information content (AvgIpc) is 2.78. The van der Waals surface area contributed by atoms with Gasteiger partial charge in [-0.05, 0) is 44.5 Å². The highest BCUT2D eigenvalue weighted by Gasteiger charge is 2.24. The van der Waals surface area contributed by atoms with E-state index in [-0.39, 0.29) is 0 Å². The smallest absolute Gasteiger partial charge is 0.125 e. The molecule has 1 saturated heterocycles. The molecule has 1 fully saturated rings. The van der Waals surface area contributed by atoms with Gasteiger partial charge in [0.1, 0.15) is 5.82 Å². The molecule has 3 nitrogen and oxygen atoms in total. The van der Waals surface area contributed by atoms with E-state index < -0.39 is 0 Å². The predicted octanol–water partition coefficient (Wildman–Crippen LogP) is 2.67. The highest BCUT2D eigenvalue weighted by atomic mass is 15.2. The molecule has 1 atom stereocenters. The van der Waals surface area contributed by atoms with E-state index >= 15 is 0 Å². The van der Waals surface area contributed by atoms with Crippen molar-refractivity contribution in [1.29, 1.82) is 0 Å². The number of hydrogen-bond donors (Lipinski definition) is 1. The Morgan fingerprint density at radius 1 is 1.44 bits per heavy atom. The maximum absolute atomic E-state index is 4.44. The summed E-state index contributed by atoms with van der Waals surface area (Å²) < 4.78 is 0. The van der Waals surface area contributed by atoms with Gasteiger partial charge < -0.3 is 5.32 Å². The van der Waals surface area contributed by atoms with Crippen LogP contribution in [0.5, 0.6) is 0 Å². The minimum Gasteiger partial charge on any atom is -0.370 e. The van der Waals surface area contributed by atoms with Gasteiger partial charge in [0.15, 0.2) is 0 Å². The SMILES string of the molecule is CCNc1ccc([C@H]2CCCN2CC)cn1. The second kappa shape index (κ2) is 5.30. The van der Waals surface area contributed by atoms with Crippen LogP contribution in [-0.2, 0) is 0 Å².